The van der Waals surface area contributed by atoms with Gasteiger partial charge in [-0.25, -0.2) is 0 Å². The number of hydrogen-bond acceptors (Lipinski definition) is 1. The lowest BCUT2D eigenvalue weighted by Crippen LogP contribution is -1.97. The van der Waals surface area contributed by atoms with Crippen LogP contribution in [-0.4, -0.2) is 7.11 Å². The Balaban J connectivity index is 2.37. The van der Waals surface area contributed by atoms with Crippen LogP contribution in [0.4, 0.5) is 0 Å². The van der Waals surface area contributed by atoms with E-state index >= 15 is 0 Å². The lowest BCUT2D eigenvalue weighted by atomic mass is 9.98. The van der Waals surface area contributed by atoms with E-state index in [1.165, 1.54) is 16.7 Å². The standard InChI is InChI=1S/C16H16BrClO/c1-10-9-15(18)11(2)8-14(10)16(17)12-4-6-13(19-3)7-5-12/h4-9,16H,1-3H3. The molecule has 0 saturated carbocycles. The molecule has 1 unspecified atom stereocenters. The zero-order valence-corrected chi connectivity index (χ0v) is 13.5. The van der Waals surface area contributed by atoms with Crippen molar-refractivity contribution >= 4 is 27.5 Å². The van der Waals surface area contributed by atoms with Crippen molar-refractivity contribution in [1.29, 1.82) is 0 Å². The molecule has 0 aliphatic carbocycles. The summed E-state index contributed by atoms with van der Waals surface area (Å²) in [6.45, 7) is 4.11. The highest BCUT2D eigenvalue weighted by atomic mass is 79.9. The molecule has 19 heavy (non-hydrogen) atoms. The summed E-state index contributed by atoms with van der Waals surface area (Å²) >= 11 is 9.91. The van der Waals surface area contributed by atoms with Crippen LogP contribution >= 0.6 is 27.5 Å². The van der Waals surface area contributed by atoms with E-state index in [4.69, 9.17) is 16.3 Å². The topological polar surface area (TPSA) is 9.23 Å². The van der Waals surface area contributed by atoms with E-state index in [2.05, 4.69) is 41.1 Å². The maximum atomic E-state index is 6.14. The molecule has 2 aromatic carbocycles. The van der Waals surface area contributed by atoms with Crippen molar-refractivity contribution in [3.05, 3.63) is 63.7 Å². The van der Waals surface area contributed by atoms with Crippen LogP contribution in [0.5, 0.6) is 5.75 Å². The average molecular weight is 340 g/mol. The number of hydrogen-bond donors (Lipinski definition) is 0. The minimum atomic E-state index is 0.161. The highest BCUT2D eigenvalue weighted by Crippen LogP contribution is 2.35. The quantitative estimate of drug-likeness (QED) is 0.676. The van der Waals surface area contributed by atoms with Crippen molar-refractivity contribution in [2.75, 3.05) is 7.11 Å². The first-order valence-corrected chi connectivity index (χ1v) is 7.37. The van der Waals surface area contributed by atoms with Crippen molar-refractivity contribution < 1.29 is 4.74 Å². The zero-order valence-electron chi connectivity index (χ0n) is 11.2. The Morgan fingerprint density at radius 2 is 1.68 bits per heavy atom. The molecule has 3 heteroatoms. The van der Waals surface area contributed by atoms with Crippen LogP contribution < -0.4 is 4.74 Å². The fourth-order valence-electron chi connectivity index (χ4n) is 2.03. The zero-order chi connectivity index (χ0) is 14.0. The van der Waals surface area contributed by atoms with E-state index in [0.29, 0.717) is 0 Å². The largest absolute Gasteiger partial charge is 0.497 e. The Kier molecular flexibility index (Phi) is 4.54. The van der Waals surface area contributed by atoms with E-state index in [-0.39, 0.29) is 4.83 Å². The molecule has 0 fully saturated rings. The van der Waals surface area contributed by atoms with Crippen LogP contribution in [0.3, 0.4) is 0 Å². The van der Waals surface area contributed by atoms with E-state index in [0.717, 1.165) is 16.3 Å². The third kappa shape index (κ3) is 3.13. The van der Waals surface area contributed by atoms with Gasteiger partial charge in [0.1, 0.15) is 5.75 Å². The first-order chi connectivity index (χ1) is 9.02. The molecule has 0 aliphatic rings. The molecule has 0 bridgehead atoms. The van der Waals surface area contributed by atoms with Crippen LogP contribution in [0.15, 0.2) is 36.4 Å². The molecule has 2 aromatic rings. The number of aryl methyl sites for hydroxylation is 2. The van der Waals surface area contributed by atoms with Gasteiger partial charge < -0.3 is 4.74 Å². The van der Waals surface area contributed by atoms with E-state index in [1.54, 1.807) is 7.11 Å². The maximum Gasteiger partial charge on any atom is 0.118 e. The number of alkyl halides is 1. The number of rotatable bonds is 3. The summed E-state index contributed by atoms with van der Waals surface area (Å²) in [6, 6.07) is 12.2. The summed E-state index contributed by atoms with van der Waals surface area (Å²) < 4.78 is 5.18. The van der Waals surface area contributed by atoms with Crippen LogP contribution in [-0.2, 0) is 0 Å². The second-order valence-electron chi connectivity index (χ2n) is 4.59. The maximum absolute atomic E-state index is 6.14. The number of ether oxygens (including phenoxy) is 1. The third-order valence-corrected chi connectivity index (χ3v) is 4.66. The number of methoxy groups -OCH3 is 1. The van der Waals surface area contributed by atoms with Gasteiger partial charge in [-0.1, -0.05) is 45.7 Å². The third-order valence-electron chi connectivity index (χ3n) is 3.23. The molecule has 0 spiro atoms. The lowest BCUT2D eigenvalue weighted by Gasteiger charge is -2.15. The van der Waals surface area contributed by atoms with Gasteiger partial charge in [-0.15, -0.1) is 0 Å². The molecule has 0 heterocycles. The van der Waals surface area contributed by atoms with E-state index in [9.17, 15) is 0 Å². The summed E-state index contributed by atoms with van der Waals surface area (Å²) in [7, 11) is 1.67. The van der Waals surface area contributed by atoms with Gasteiger partial charge in [0.25, 0.3) is 0 Å². The van der Waals surface area contributed by atoms with Crippen molar-refractivity contribution in [3.8, 4) is 5.75 Å². The minimum absolute atomic E-state index is 0.161. The Morgan fingerprint density at radius 3 is 2.26 bits per heavy atom. The first kappa shape index (κ1) is 14.4. The Hall–Kier alpha value is -0.990. The second kappa shape index (κ2) is 5.98. The predicted octanol–water partition coefficient (Wildman–Crippen LogP) is 5.45. The van der Waals surface area contributed by atoms with E-state index < -0.39 is 0 Å². The summed E-state index contributed by atoms with van der Waals surface area (Å²) in [5.74, 6) is 0.868. The Bertz CT molecular complexity index is 578. The minimum Gasteiger partial charge on any atom is -0.497 e. The van der Waals surface area contributed by atoms with Crippen molar-refractivity contribution in [2.45, 2.75) is 18.7 Å². The fraction of sp³-hybridized carbons (Fsp3) is 0.250. The van der Waals surface area contributed by atoms with Crippen LogP contribution in [0, 0.1) is 13.8 Å². The molecule has 1 nitrogen and oxygen atoms in total. The van der Waals surface area contributed by atoms with Gasteiger partial charge in [0.2, 0.25) is 0 Å². The smallest absolute Gasteiger partial charge is 0.118 e. The highest BCUT2D eigenvalue weighted by Gasteiger charge is 2.14. The summed E-state index contributed by atoms with van der Waals surface area (Å²) in [5, 5.41) is 0.815. The van der Waals surface area contributed by atoms with Crippen molar-refractivity contribution in [1.82, 2.24) is 0 Å². The molecular weight excluding hydrogens is 324 g/mol. The van der Waals surface area contributed by atoms with Gasteiger partial charge in [0.15, 0.2) is 0 Å². The molecule has 0 amide bonds. The predicted molar refractivity (Wildman–Crippen MR) is 84.7 cm³/mol. The summed E-state index contributed by atoms with van der Waals surface area (Å²) in [5.41, 5.74) is 4.73. The van der Waals surface area contributed by atoms with Crippen molar-refractivity contribution in [2.24, 2.45) is 0 Å². The first-order valence-electron chi connectivity index (χ1n) is 6.07. The van der Waals surface area contributed by atoms with Crippen LogP contribution in [0.2, 0.25) is 5.02 Å². The summed E-state index contributed by atoms with van der Waals surface area (Å²) in [4.78, 5) is 0.161. The second-order valence-corrected chi connectivity index (χ2v) is 5.92. The molecule has 0 radical (unpaired) electrons. The monoisotopic (exact) mass is 338 g/mol. The van der Waals surface area contributed by atoms with Gasteiger partial charge in [-0.3, -0.25) is 0 Å². The van der Waals surface area contributed by atoms with Gasteiger partial charge >= 0.3 is 0 Å². The molecule has 100 valence electrons. The molecule has 1 atom stereocenters. The summed E-state index contributed by atoms with van der Waals surface area (Å²) in [6.07, 6.45) is 0. The molecule has 0 saturated heterocycles. The van der Waals surface area contributed by atoms with Crippen LogP contribution in [0.25, 0.3) is 0 Å². The van der Waals surface area contributed by atoms with Gasteiger partial charge in [-0.05, 0) is 54.3 Å². The number of halogens is 2. The molecule has 0 aliphatic heterocycles. The molecule has 0 aromatic heterocycles. The highest BCUT2D eigenvalue weighted by molar-refractivity contribution is 9.09. The lowest BCUT2D eigenvalue weighted by molar-refractivity contribution is 0.414. The van der Waals surface area contributed by atoms with Gasteiger partial charge in [-0.2, -0.15) is 0 Å². The van der Waals surface area contributed by atoms with Gasteiger partial charge in [0, 0.05) is 5.02 Å². The SMILES string of the molecule is COc1ccc(C(Br)c2cc(C)c(Cl)cc2C)cc1. The van der Waals surface area contributed by atoms with Gasteiger partial charge in [0.05, 0.1) is 11.9 Å². The molecule has 0 N–H and O–H groups in total. The molecular formula is C16H16BrClO. The fourth-order valence-corrected chi connectivity index (χ4v) is 3.05. The Labute approximate surface area is 127 Å². The Morgan fingerprint density at radius 1 is 1.05 bits per heavy atom. The number of benzene rings is 2. The van der Waals surface area contributed by atoms with Crippen LogP contribution in [0.1, 0.15) is 27.1 Å². The average Bonchev–Trinajstić information content (AvgIpc) is 2.42. The van der Waals surface area contributed by atoms with E-state index in [1.807, 2.05) is 25.1 Å². The van der Waals surface area contributed by atoms with Crippen molar-refractivity contribution in [3.63, 3.8) is 0 Å². The normalized spacial score (nSPS) is 12.3. The molecule has 2 rings (SSSR count).